The van der Waals surface area contributed by atoms with E-state index in [9.17, 15) is 14.4 Å². The maximum atomic E-state index is 12.2. The van der Waals surface area contributed by atoms with Crippen molar-refractivity contribution in [2.24, 2.45) is 5.10 Å². The molecule has 0 radical (unpaired) electrons. The summed E-state index contributed by atoms with van der Waals surface area (Å²) in [6.45, 7) is 1.46. The Bertz CT molecular complexity index is 894. The Kier molecular flexibility index (Phi) is 6.01. The highest BCUT2D eigenvalue weighted by molar-refractivity contribution is 6.37. The number of esters is 1. The Hall–Kier alpha value is -3.68. The summed E-state index contributed by atoms with van der Waals surface area (Å²) in [5, 5.41) is 6.31. The van der Waals surface area contributed by atoms with Gasteiger partial charge in [0.15, 0.2) is 6.10 Å². The lowest BCUT2D eigenvalue weighted by atomic mass is 10.2. The van der Waals surface area contributed by atoms with Gasteiger partial charge in [-0.1, -0.05) is 18.2 Å². The molecule has 0 bridgehead atoms. The van der Waals surface area contributed by atoms with E-state index in [2.05, 4.69) is 15.8 Å². The zero-order valence-electron chi connectivity index (χ0n) is 15.2. The molecule has 144 valence electrons. The molecule has 1 atom stereocenters. The summed E-state index contributed by atoms with van der Waals surface area (Å²) >= 11 is 0. The van der Waals surface area contributed by atoms with E-state index in [1.54, 1.807) is 24.3 Å². The van der Waals surface area contributed by atoms with Gasteiger partial charge in [0.05, 0.1) is 0 Å². The number of hydrogen-bond acceptors (Lipinski definition) is 6. The summed E-state index contributed by atoms with van der Waals surface area (Å²) in [5.41, 5.74) is 2.84. The molecular weight excluding hydrogens is 362 g/mol. The number of hydrazone groups is 1. The fraction of sp³-hybridized carbons (Fsp3) is 0.200. The van der Waals surface area contributed by atoms with E-state index >= 15 is 0 Å². The molecule has 8 heteroatoms. The van der Waals surface area contributed by atoms with Crippen LogP contribution in [-0.2, 0) is 19.1 Å². The third-order valence-electron chi connectivity index (χ3n) is 3.89. The van der Waals surface area contributed by atoms with Crippen LogP contribution in [0, 0.1) is 0 Å². The monoisotopic (exact) mass is 381 g/mol. The van der Waals surface area contributed by atoms with Crippen LogP contribution in [0.15, 0.2) is 59.7 Å². The van der Waals surface area contributed by atoms with Crippen molar-refractivity contribution in [3.63, 3.8) is 0 Å². The molecule has 1 aliphatic rings. The average Bonchev–Trinajstić information content (AvgIpc) is 2.70. The van der Waals surface area contributed by atoms with E-state index in [1.165, 1.54) is 6.92 Å². The van der Waals surface area contributed by atoms with Crippen molar-refractivity contribution in [1.29, 1.82) is 0 Å². The minimum Gasteiger partial charge on any atom is -0.457 e. The second-order valence-corrected chi connectivity index (χ2v) is 6.07. The molecular formula is C20H19N3O5. The van der Waals surface area contributed by atoms with Crippen LogP contribution in [0.25, 0.3) is 0 Å². The van der Waals surface area contributed by atoms with Crippen LogP contribution < -0.4 is 15.5 Å². The minimum absolute atomic E-state index is 0.0849. The molecule has 1 aliphatic heterocycles. The number of nitrogens with zero attached hydrogens (tertiary/aromatic N) is 1. The first-order valence-corrected chi connectivity index (χ1v) is 8.71. The van der Waals surface area contributed by atoms with Crippen LogP contribution in [0.3, 0.4) is 0 Å². The van der Waals surface area contributed by atoms with Gasteiger partial charge in [-0.05, 0) is 43.3 Å². The molecule has 2 N–H and O–H groups in total. The molecule has 0 aliphatic carbocycles. The van der Waals surface area contributed by atoms with Crippen LogP contribution in [0.1, 0.15) is 19.8 Å². The van der Waals surface area contributed by atoms with Crippen molar-refractivity contribution in [3.8, 4) is 11.5 Å². The predicted octanol–water partition coefficient (Wildman–Crippen LogP) is 2.62. The molecule has 0 saturated heterocycles. The molecule has 8 nitrogen and oxygen atoms in total. The number of benzene rings is 2. The molecule has 2 amide bonds. The highest BCUT2D eigenvalue weighted by Gasteiger charge is 2.24. The van der Waals surface area contributed by atoms with Gasteiger partial charge < -0.3 is 14.8 Å². The largest absolute Gasteiger partial charge is 0.457 e. The summed E-state index contributed by atoms with van der Waals surface area (Å²) in [5.74, 6) is -0.135. The topological polar surface area (TPSA) is 106 Å². The molecule has 0 unspecified atom stereocenters. The van der Waals surface area contributed by atoms with E-state index in [-0.39, 0.29) is 24.5 Å². The first-order valence-electron chi connectivity index (χ1n) is 8.71. The van der Waals surface area contributed by atoms with Crippen LogP contribution in [0.2, 0.25) is 0 Å². The van der Waals surface area contributed by atoms with Crippen LogP contribution in [-0.4, -0.2) is 29.6 Å². The summed E-state index contributed by atoms with van der Waals surface area (Å²) in [4.78, 5) is 35.3. The van der Waals surface area contributed by atoms with E-state index in [0.29, 0.717) is 17.2 Å². The number of carbonyl (C=O) groups excluding carboxylic acids is 3. The number of carbonyl (C=O) groups is 3. The molecule has 3 rings (SSSR count). The zero-order chi connectivity index (χ0) is 19.9. The Morgan fingerprint density at radius 3 is 2.36 bits per heavy atom. The highest BCUT2D eigenvalue weighted by atomic mass is 16.5. The van der Waals surface area contributed by atoms with Gasteiger partial charge in [0.2, 0.25) is 5.91 Å². The lowest BCUT2D eigenvalue weighted by Gasteiger charge is -2.16. The van der Waals surface area contributed by atoms with Crippen molar-refractivity contribution < 1.29 is 23.9 Å². The molecule has 0 fully saturated rings. The molecule has 28 heavy (non-hydrogen) atoms. The number of para-hydroxylation sites is 1. The Morgan fingerprint density at radius 2 is 1.71 bits per heavy atom. The lowest BCUT2D eigenvalue weighted by molar-refractivity contribution is -0.146. The van der Waals surface area contributed by atoms with Gasteiger partial charge in [-0.15, -0.1) is 0 Å². The number of anilines is 1. The lowest BCUT2D eigenvalue weighted by Crippen LogP contribution is -2.35. The predicted molar refractivity (Wildman–Crippen MR) is 102 cm³/mol. The van der Waals surface area contributed by atoms with Gasteiger partial charge in [0.1, 0.15) is 17.2 Å². The number of amides is 2. The Labute approximate surface area is 161 Å². The van der Waals surface area contributed by atoms with E-state index in [1.807, 2.05) is 30.3 Å². The second kappa shape index (κ2) is 8.81. The van der Waals surface area contributed by atoms with Gasteiger partial charge in [0, 0.05) is 18.5 Å². The van der Waals surface area contributed by atoms with Crippen LogP contribution >= 0.6 is 0 Å². The van der Waals surface area contributed by atoms with Crippen molar-refractivity contribution in [2.75, 3.05) is 5.32 Å². The number of nitrogens with one attached hydrogen (secondary N) is 2. The molecule has 0 spiro atoms. The Morgan fingerprint density at radius 1 is 1.04 bits per heavy atom. The number of hydrogen-bond donors (Lipinski definition) is 2. The van der Waals surface area contributed by atoms with Gasteiger partial charge in [-0.3, -0.25) is 9.59 Å². The summed E-state index contributed by atoms with van der Waals surface area (Å²) in [7, 11) is 0. The van der Waals surface area contributed by atoms with Crippen molar-refractivity contribution >= 4 is 29.2 Å². The fourth-order valence-electron chi connectivity index (χ4n) is 2.38. The fourth-order valence-corrected chi connectivity index (χ4v) is 2.38. The summed E-state index contributed by atoms with van der Waals surface area (Å²) in [6, 6.07) is 16.1. The van der Waals surface area contributed by atoms with Crippen molar-refractivity contribution in [3.05, 3.63) is 54.6 Å². The number of rotatable bonds is 6. The second-order valence-electron chi connectivity index (χ2n) is 6.07. The maximum absolute atomic E-state index is 12.2. The standard InChI is InChI=1S/C20H19N3O5/c1-13(27-20(26)17-11-12-18(24)23-22-17)19(25)21-14-7-9-16(10-8-14)28-15-5-3-2-4-6-15/h2-10,13H,11-12H2,1H3,(H,21,25)(H,23,24)/t13-/m1/s1. The van der Waals surface area contributed by atoms with E-state index in [0.717, 1.165) is 0 Å². The molecule has 0 aromatic heterocycles. The smallest absolute Gasteiger partial charge is 0.355 e. The summed E-state index contributed by atoms with van der Waals surface area (Å²) in [6.07, 6.45) is -0.679. The van der Waals surface area contributed by atoms with Crippen molar-refractivity contribution in [1.82, 2.24) is 5.43 Å². The SMILES string of the molecule is C[C@@H](OC(=O)C1=NNC(=O)CC1)C(=O)Nc1ccc(Oc2ccccc2)cc1. The van der Waals surface area contributed by atoms with Crippen LogP contribution in [0.5, 0.6) is 11.5 Å². The molecule has 2 aromatic carbocycles. The van der Waals surface area contributed by atoms with E-state index < -0.39 is 18.0 Å². The van der Waals surface area contributed by atoms with Gasteiger partial charge in [0.25, 0.3) is 5.91 Å². The molecule has 0 saturated carbocycles. The summed E-state index contributed by atoms with van der Waals surface area (Å²) < 4.78 is 10.8. The van der Waals surface area contributed by atoms with Crippen LogP contribution in [0.4, 0.5) is 5.69 Å². The highest BCUT2D eigenvalue weighted by Crippen LogP contribution is 2.22. The first kappa shape index (κ1) is 19.1. The average molecular weight is 381 g/mol. The quantitative estimate of drug-likeness (QED) is 0.748. The molecule has 2 aromatic rings. The Balaban J connectivity index is 1.52. The third kappa shape index (κ3) is 5.16. The van der Waals surface area contributed by atoms with Gasteiger partial charge >= 0.3 is 5.97 Å². The molecule has 1 heterocycles. The van der Waals surface area contributed by atoms with Gasteiger partial charge in [-0.2, -0.15) is 5.10 Å². The normalized spacial score (nSPS) is 14.3. The minimum atomic E-state index is -1.02. The van der Waals surface area contributed by atoms with E-state index in [4.69, 9.17) is 9.47 Å². The third-order valence-corrected chi connectivity index (χ3v) is 3.89. The van der Waals surface area contributed by atoms with Gasteiger partial charge in [-0.25, -0.2) is 10.2 Å². The van der Waals surface area contributed by atoms with Crippen molar-refractivity contribution in [2.45, 2.75) is 25.9 Å². The zero-order valence-corrected chi connectivity index (χ0v) is 15.2. The maximum Gasteiger partial charge on any atom is 0.355 e. The number of ether oxygens (including phenoxy) is 2. The first-order chi connectivity index (χ1) is 13.5.